The Hall–Kier alpha value is -1.36. The minimum absolute atomic E-state index is 0.00676. The Morgan fingerprint density at radius 1 is 1.54 bits per heavy atom. The van der Waals surface area contributed by atoms with Gasteiger partial charge in [-0.1, -0.05) is 0 Å². The summed E-state index contributed by atoms with van der Waals surface area (Å²) in [6.45, 7) is 0. The molecule has 4 nitrogen and oxygen atoms in total. The average Bonchev–Trinajstić information content (AvgIpc) is 2.04. The number of hydrogen-bond acceptors (Lipinski definition) is 3. The highest BCUT2D eigenvalue weighted by atomic mass is 32.2. The second-order valence-electron chi connectivity index (χ2n) is 2.51. The molecule has 1 aromatic carbocycles. The lowest BCUT2D eigenvalue weighted by atomic mass is 10.2. The van der Waals surface area contributed by atoms with E-state index in [0.29, 0.717) is 4.90 Å². The molecule has 0 aliphatic carbocycles. The summed E-state index contributed by atoms with van der Waals surface area (Å²) in [5, 5.41) is 8.69. The third-order valence-electron chi connectivity index (χ3n) is 1.59. The van der Waals surface area contributed by atoms with Crippen molar-refractivity contribution in [2.24, 2.45) is 0 Å². The lowest BCUT2D eigenvalue weighted by Crippen LogP contribution is -2.03. The van der Waals surface area contributed by atoms with E-state index in [1.165, 1.54) is 18.4 Å². The van der Waals surface area contributed by atoms with Crippen LogP contribution in [0, 0.1) is 0 Å². The lowest BCUT2D eigenvalue weighted by Gasteiger charge is -2.02. The Morgan fingerprint density at radius 3 is 2.62 bits per heavy atom. The number of carboxylic acids is 1. The van der Waals surface area contributed by atoms with Gasteiger partial charge in [0, 0.05) is 27.6 Å². The van der Waals surface area contributed by atoms with Crippen molar-refractivity contribution >= 4 is 22.5 Å². The van der Waals surface area contributed by atoms with Crippen molar-refractivity contribution in [2.75, 3.05) is 12.0 Å². The van der Waals surface area contributed by atoms with Gasteiger partial charge in [-0.3, -0.25) is 4.21 Å². The predicted molar refractivity (Wildman–Crippen MR) is 50.1 cm³/mol. The summed E-state index contributed by atoms with van der Waals surface area (Å²) >= 11 is 0. The average molecular weight is 199 g/mol. The largest absolute Gasteiger partial charge is 0.478 e. The Morgan fingerprint density at radius 2 is 2.15 bits per heavy atom. The number of anilines is 1. The van der Waals surface area contributed by atoms with Gasteiger partial charge < -0.3 is 10.8 Å². The van der Waals surface area contributed by atoms with Gasteiger partial charge in [-0.25, -0.2) is 4.79 Å². The maximum atomic E-state index is 11.0. The van der Waals surface area contributed by atoms with E-state index in [0.717, 1.165) is 0 Å². The fraction of sp³-hybridized carbons (Fsp3) is 0.125. The van der Waals surface area contributed by atoms with Crippen molar-refractivity contribution in [3.05, 3.63) is 23.8 Å². The van der Waals surface area contributed by atoms with Crippen molar-refractivity contribution in [1.29, 1.82) is 0 Å². The van der Waals surface area contributed by atoms with E-state index in [9.17, 15) is 9.00 Å². The summed E-state index contributed by atoms with van der Waals surface area (Å²) in [5.74, 6) is -1.11. The summed E-state index contributed by atoms with van der Waals surface area (Å²) in [5.41, 5.74) is 5.59. The topological polar surface area (TPSA) is 80.4 Å². The van der Waals surface area contributed by atoms with E-state index in [4.69, 9.17) is 10.8 Å². The molecule has 1 unspecified atom stereocenters. The first-order chi connectivity index (χ1) is 6.02. The molecular weight excluding hydrogens is 190 g/mol. The van der Waals surface area contributed by atoms with Crippen LogP contribution >= 0.6 is 0 Å². The molecule has 0 heterocycles. The van der Waals surface area contributed by atoms with Crippen LogP contribution in [0.3, 0.4) is 0 Å². The van der Waals surface area contributed by atoms with E-state index < -0.39 is 16.8 Å². The van der Waals surface area contributed by atoms with Crippen molar-refractivity contribution in [1.82, 2.24) is 0 Å². The molecule has 0 fully saturated rings. The van der Waals surface area contributed by atoms with Crippen LogP contribution in [-0.4, -0.2) is 21.5 Å². The molecule has 0 spiro atoms. The van der Waals surface area contributed by atoms with Crippen molar-refractivity contribution in [3.8, 4) is 0 Å². The Labute approximate surface area is 77.8 Å². The molecule has 0 amide bonds. The van der Waals surface area contributed by atoms with Crippen molar-refractivity contribution in [2.45, 2.75) is 4.90 Å². The number of hydrogen-bond donors (Lipinski definition) is 2. The summed E-state index contributed by atoms with van der Waals surface area (Å²) < 4.78 is 11.0. The van der Waals surface area contributed by atoms with E-state index in [1.807, 2.05) is 0 Å². The van der Waals surface area contributed by atoms with Gasteiger partial charge in [-0.05, 0) is 18.2 Å². The second-order valence-corrected chi connectivity index (χ2v) is 3.89. The maximum Gasteiger partial charge on any atom is 0.337 e. The number of carboxylic acid groups (broad SMARTS) is 1. The molecule has 0 aliphatic rings. The third-order valence-corrected chi connectivity index (χ3v) is 2.50. The van der Waals surface area contributed by atoms with Crippen LogP contribution in [0.1, 0.15) is 10.4 Å². The molecule has 1 aromatic rings. The zero-order valence-electron chi connectivity index (χ0n) is 6.98. The second kappa shape index (κ2) is 3.57. The molecule has 0 saturated carbocycles. The summed E-state index contributed by atoms with van der Waals surface area (Å²) in [6.07, 6.45) is 1.48. The van der Waals surface area contributed by atoms with Gasteiger partial charge in [0.25, 0.3) is 0 Å². The van der Waals surface area contributed by atoms with Gasteiger partial charge in [0.2, 0.25) is 0 Å². The van der Waals surface area contributed by atoms with Crippen LogP contribution in [0.5, 0.6) is 0 Å². The van der Waals surface area contributed by atoms with Crippen LogP contribution < -0.4 is 5.73 Å². The number of rotatable bonds is 2. The quantitative estimate of drug-likeness (QED) is 0.687. The molecule has 3 N–H and O–H groups in total. The van der Waals surface area contributed by atoms with E-state index in [-0.39, 0.29) is 11.3 Å². The highest BCUT2D eigenvalue weighted by Crippen LogP contribution is 2.15. The van der Waals surface area contributed by atoms with Crippen LogP contribution in [-0.2, 0) is 10.8 Å². The molecule has 70 valence electrons. The van der Waals surface area contributed by atoms with Crippen LogP contribution in [0.2, 0.25) is 0 Å². The maximum absolute atomic E-state index is 11.0. The predicted octanol–water partition coefficient (Wildman–Crippen LogP) is 0.704. The summed E-state index contributed by atoms with van der Waals surface area (Å²) in [6, 6.07) is 4.33. The number of aromatic carboxylic acids is 1. The van der Waals surface area contributed by atoms with Crippen LogP contribution in [0.4, 0.5) is 5.69 Å². The standard InChI is InChI=1S/C8H9NO3S/c1-13(12)5-2-3-7(9)6(4-5)8(10)11/h2-4H,9H2,1H3,(H,10,11). The van der Waals surface area contributed by atoms with Crippen molar-refractivity contribution in [3.63, 3.8) is 0 Å². The minimum Gasteiger partial charge on any atom is -0.478 e. The molecule has 1 rings (SSSR count). The van der Waals surface area contributed by atoms with Crippen LogP contribution in [0.25, 0.3) is 0 Å². The molecule has 0 aliphatic heterocycles. The lowest BCUT2D eigenvalue weighted by molar-refractivity contribution is 0.0698. The number of benzene rings is 1. The summed E-state index contributed by atoms with van der Waals surface area (Å²) in [4.78, 5) is 11.1. The molecule has 0 saturated heterocycles. The first-order valence-corrected chi connectivity index (χ1v) is 5.04. The fourth-order valence-corrected chi connectivity index (χ4v) is 1.44. The fourth-order valence-electron chi connectivity index (χ4n) is 0.899. The number of nitrogens with two attached hydrogens (primary N) is 1. The Kier molecular flexibility index (Phi) is 2.67. The first kappa shape index (κ1) is 9.73. The zero-order chi connectivity index (χ0) is 10.0. The highest BCUT2D eigenvalue weighted by Gasteiger charge is 2.09. The molecule has 0 radical (unpaired) electrons. The van der Waals surface area contributed by atoms with Gasteiger partial charge in [0.15, 0.2) is 0 Å². The zero-order valence-corrected chi connectivity index (χ0v) is 7.80. The molecule has 5 heteroatoms. The SMILES string of the molecule is CS(=O)c1ccc(N)c(C(=O)O)c1. The first-order valence-electron chi connectivity index (χ1n) is 3.48. The van der Waals surface area contributed by atoms with Gasteiger partial charge >= 0.3 is 5.97 Å². The third kappa shape index (κ3) is 2.06. The molecular formula is C8H9NO3S. The van der Waals surface area contributed by atoms with E-state index >= 15 is 0 Å². The number of carbonyl (C=O) groups is 1. The molecule has 13 heavy (non-hydrogen) atoms. The van der Waals surface area contributed by atoms with Gasteiger partial charge in [0.1, 0.15) is 0 Å². The summed E-state index contributed by atoms with van der Waals surface area (Å²) in [7, 11) is -1.18. The molecule has 0 aromatic heterocycles. The normalized spacial score (nSPS) is 12.4. The van der Waals surface area contributed by atoms with E-state index in [1.54, 1.807) is 6.07 Å². The molecule has 1 atom stereocenters. The monoisotopic (exact) mass is 199 g/mol. The van der Waals surface area contributed by atoms with Crippen molar-refractivity contribution < 1.29 is 14.1 Å². The molecule has 0 bridgehead atoms. The van der Waals surface area contributed by atoms with Gasteiger partial charge in [-0.15, -0.1) is 0 Å². The van der Waals surface area contributed by atoms with Crippen LogP contribution in [0.15, 0.2) is 23.1 Å². The Bertz CT molecular complexity index is 376. The number of nitrogen functional groups attached to an aromatic ring is 1. The highest BCUT2D eigenvalue weighted by molar-refractivity contribution is 7.84. The van der Waals surface area contributed by atoms with E-state index in [2.05, 4.69) is 0 Å². The Balaban J connectivity index is 3.27. The minimum atomic E-state index is -1.18. The smallest absolute Gasteiger partial charge is 0.337 e. The van der Waals surface area contributed by atoms with Gasteiger partial charge in [-0.2, -0.15) is 0 Å². The van der Waals surface area contributed by atoms with Gasteiger partial charge in [0.05, 0.1) is 5.56 Å².